The van der Waals surface area contributed by atoms with E-state index in [1.807, 2.05) is 25.0 Å². The molecule has 7 nitrogen and oxygen atoms in total. The van der Waals surface area contributed by atoms with Gasteiger partial charge in [0.1, 0.15) is 0 Å². The number of imidazole rings is 2. The molecule has 236 valence electrons. The standard InChI is InChI=1S/C19H24N2O2.C19H22N2O/c22-11-13-5-7-14(8-6-13)19(23)9-17-15-3-1-2-4-16(15)18-10-20-12-21(17)18;1-13-6-8-14(9-7-13)19(22)10-17-15-4-2-3-5-16(15)18-11-20-12-21(17)18/h1-4,10,12-14,17,19,22-23H,5-9,11H2;2-5,11-12,14,17,19,22H,1,6-10H2. The number of aliphatic hydroxyl groups is 3. The molecule has 2 aromatic carbocycles. The first-order chi connectivity index (χ1) is 22.0. The van der Waals surface area contributed by atoms with E-state index in [1.54, 1.807) is 0 Å². The highest BCUT2D eigenvalue weighted by Crippen LogP contribution is 2.44. The maximum atomic E-state index is 10.8. The summed E-state index contributed by atoms with van der Waals surface area (Å²) in [5, 5.41) is 30.8. The Balaban J connectivity index is 0.000000145. The van der Waals surface area contributed by atoms with Gasteiger partial charge in [0.25, 0.3) is 0 Å². The number of aliphatic hydroxyl groups excluding tert-OH is 3. The first kappa shape index (κ1) is 30.2. The zero-order valence-corrected chi connectivity index (χ0v) is 26.1. The Hall–Kier alpha value is -3.52. The van der Waals surface area contributed by atoms with E-state index in [0.29, 0.717) is 17.8 Å². The van der Waals surface area contributed by atoms with Crippen molar-refractivity contribution in [3.8, 4) is 22.5 Å². The number of hydrogen-bond donors (Lipinski definition) is 3. The molecule has 3 N–H and O–H groups in total. The number of allylic oxidation sites excluding steroid dienone is 1. The normalized spacial score (nSPS) is 25.0. The lowest BCUT2D eigenvalue weighted by Crippen LogP contribution is -2.29. The van der Waals surface area contributed by atoms with E-state index in [1.165, 1.54) is 33.5 Å². The summed E-state index contributed by atoms with van der Waals surface area (Å²) in [5.74, 6) is 1.20. The second-order valence-electron chi connectivity index (χ2n) is 13.7. The van der Waals surface area contributed by atoms with Crippen LogP contribution in [0.3, 0.4) is 0 Å². The van der Waals surface area contributed by atoms with Crippen molar-refractivity contribution in [2.75, 3.05) is 6.61 Å². The van der Waals surface area contributed by atoms with Crippen LogP contribution in [0.4, 0.5) is 0 Å². The van der Waals surface area contributed by atoms with Crippen molar-refractivity contribution < 1.29 is 15.3 Å². The molecule has 0 amide bonds. The fraction of sp³-hybridized carbons (Fsp3) is 0.474. The summed E-state index contributed by atoms with van der Waals surface area (Å²) in [6.45, 7) is 4.36. The molecule has 0 saturated heterocycles. The Kier molecular flexibility index (Phi) is 8.76. The largest absolute Gasteiger partial charge is 0.396 e. The quantitative estimate of drug-likeness (QED) is 0.198. The van der Waals surface area contributed by atoms with E-state index in [-0.39, 0.29) is 30.9 Å². The SMILES string of the molecule is C=C1CCC(C(O)CC2c3ccccc3-c3cncn32)CC1.OCC1CCC(C(O)CC2c3ccccc3-c3cncn32)CC1. The fourth-order valence-corrected chi connectivity index (χ4v) is 8.38. The molecule has 4 aromatic rings. The van der Waals surface area contributed by atoms with Crippen LogP contribution in [0.15, 0.2) is 85.7 Å². The number of hydrogen-bond acceptors (Lipinski definition) is 5. The Morgan fingerprint density at radius 3 is 1.64 bits per heavy atom. The van der Waals surface area contributed by atoms with Crippen molar-refractivity contribution in [3.63, 3.8) is 0 Å². The van der Waals surface area contributed by atoms with Crippen LogP contribution >= 0.6 is 0 Å². The zero-order chi connectivity index (χ0) is 30.9. The van der Waals surface area contributed by atoms with E-state index < -0.39 is 0 Å². The molecule has 4 aliphatic rings. The fourth-order valence-electron chi connectivity index (χ4n) is 8.38. The minimum Gasteiger partial charge on any atom is -0.396 e. The smallest absolute Gasteiger partial charge is 0.0956 e. The lowest BCUT2D eigenvalue weighted by Gasteiger charge is -2.32. The molecular formula is C38H46N4O3. The Bertz CT molecular complexity index is 1610. The zero-order valence-electron chi connectivity index (χ0n) is 26.1. The van der Waals surface area contributed by atoms with E-state index in [0.717, 1.165) is 69.9 Å². The molecule has 0 bridgehead atoms. The average Bonchev–Trinajstić information content (AvgIpc) is 3.86. The Morgan fingerprint density at radius 1 is 0.689 bits per heavy atom. The van der Waals surface area contributed by atoms with Crippen molar-refractivity contribution in [1.29, 1.82) is 0 Å². The van der Waals surface area contributed by atoms with Gasteiger partial charge in [-0.25, -0.2) is 9.97 Å². The molecule has 45 heavy (non-hydrogen) atoms. The summed E-state index contributed by atoms with van der Waals surface area (Å²) in [6, 6.07) is 17.3. The first-order valence-electron chi connectivity index (χ1n) is 16.9. The summed E-state index contributed by atoms with van der Waals surface area (Å²) in [7, 11) is 0. The van der Waals surface area contributed by atoms with Gasteiger partial charge in [0.2, 0.25) is 0 Å². The predicted molar refractivity (Wildman–Crippen MR) is 176 cm³/mol. The number of rotatable bonds is 7. The van der Waals surface area contributed by atoms with Gasteiger partial charge in [-0.05, 0) is 93.1 Å². The summed E-state index contributed by atoms with van der Waals surface area (Å²) in [6.07, 6.45) is 17.0. The van der Waals surface area contributed by atoms with E-state index in [2.05, 4.69) is 74.2 Å². The molecule has 0 radical (unpaired) electrons. The molecule has 2 saturated carbocycles. The van der Waals surface area contributed by atoms with Crippen LogP contribution in [0, 0.1) is 17.8 Å². The van der Waals surface area contributed by atoms with Gasteiger partial charge in [-0.2, -0.15) is 0 Å². The van der Waals surface area contributed by atoms with Crippen LogP contribution in [0.2, 0.25) is 0 Å². The van der Waals surface area contributed by atoms with Gasteiger partial charge in [-0.1, -0.05) is 60.7 Å². The van der Waals surface area contributed by atoms with Gasteiger partial charge in [0, 0.05) is 17.7 Å². The maximum Gasteiger partial charge on any atom is 0.0956 e. The van der Waals surface area contributed by atoms with E-state index >= 15 is 0 Å². The Morgan fingerprint density at radius 2 is 1.16 bits per heavy atom. The minimum absolute atomic E-state index is 0.189. The third-order valence-electron chi connectivity index (χ3n) is 11.1. The molecule has 8 rings (SSSR count). The van der Waals surface area contributed by atoms with Crippen molar-refractivity contribution >= 4 is 0 Å². The molecule has 4 atom stereocenters. The van der Waals surface area contributed by atoms with Gasteiger partial charge < -0.3 is 24.5 Å². The monoisotopic (exact) mass is 606 g/mol. The van der Waals surface area contributed by atoms with Gasteiger partial charge in [-0.15, -0.1) is 0 Å². The maximum absolute atomic E-state index is 10.8. The van der Waals surface area contributed by atoms with Crippen LogP contribution in [-0.2, 0) is 0 Å². The first-order valence-corrected chi connectivity index (χ1v) is 16.9. The second kappa shape index (κ2) is 13.1. The lowest BCUT2D eigenvalue weighted by molar-refractivity contribution is 0.0505. The van der Waals surface area contributed by atoms with Crippen LogP contribution in [0.1, 0.15) is 87.4 Å². The molecule has 2 aliphatic heterocycles. The van der Waals surface area contributed by atoms with Gasteiger partial charge >= 0.3 is 0 Å². The Labute approximate surface area is 266 Å². The van der Waals surface area contributed by atoms with Gasteiger partial charge in [-0.3, -0.25) is 0 Å². The van der Waals surface area contributed by atoms with Crippen molar-refractivity contribution in [2.24, 2.45) is 17.8 Å². The summed E-state index contributed by atoms with van der Waals surface area (Å²) in [4.78, 5) is 8.58. The molecule has 2 fully saturated rings. The number of nitrogens with zero attached hydrogens (tertiary/aromatic N) is 4. The highest BCUT2D eigenvalue weighted by molar-refractivity contribution is 5.69. The van der Waals surface area contributed by atoms with Crippen LogP contribution in [0.25, 0.3) is 22.5 Å². The second-order valence-corrected chi connectivity index (χ2v) is 13.7. The molecule has 4 heterocycles. The van der Waals surface area contributed by atoms with Crippen molar-refractivity contribution in [1.82, 2.24) is 19.1 Å². The number of fused-ring (bicyclic) bond motifs is 6. The summed E-state index contributed by atoms with van der Waals surface area (Å²) >= 11 is 0. The highest BCUT2D eigenvalue weighted by atomic mass is 16.3. The van der Waals surface area contributed by atoms with Gasteiger partial charge in [0.15, 0.2) is 0 Å². The lowest BCUT2D eigenvalue weighted by atomic mass is 9.78. The van der Waals surface area contributed by atoms with Crippen LogP contribution < -0.4 is 0 Å². The molecule has 2 aromatic heterocycles. The minimum atomic E-state index is -0.291. The highest BCUT2D eigenvalue weighted by Gasteiger charge is 2.34. The van der Waals surface area contributed by atoms with Crippen molar-refractivity contribution in [3.05, 3.63) is 96.9 Å². The summed E-state index contributed by atoms with van der Waals surface area (Å²) in [5.41, 5.74) is 8.78. The van der Waals surface area contributed by atoms with Crippen molar-refractivity contribution in [2.45, 2.75) is 88.5 Å². The number of aromatic nitrogens is 4. The predicted octanol–water partition coefficient (Wildman–Crippen LogP) is 6.95. The molecule has 4 unspecified atom stereocenters. The molecule has 0 spiro atoms. The molecular weight excluding hydrogens is 560 g/mol. The van der Waals surface area contributed by atoms with E-state index in [9.17, 15) is 15.3 Å². The van der Waals surface area contributed by atoms with Crippen LogP contribution in [0.5, 0.6) is 0 Å². The van der Waals surface area contributed by atoms with E-state index in [4.69, 9.17) is 0 Å². The average molecular weight is 607 g/mol. The van der Waals surface area contributed by atoms with Gasteiger partial charge in [0.05, 0.1) is 60.7 Å². The topological polar surface area (TPSA) is 96.3 Å². The molecule has 2 aliphatic carbocycles. The number of benzene rings is 2. The third-order valence-corrected chi connectivity index (χ3v) is 11.1. The third kappa shape index (κ3) is 5.94. The molecule has 7 heteroatoms. The van der Waals surface area contributed by atoms with Crippen LogP contribution in [-0.4, -0.2) is 53.2 Å². The summed E-state index contributed by atoms with van der Waals surface area (Å²) < 4.78 is 4.42.